The summed E-state index contributed by atoms with van der Waals surface area (Å²) in [6.45, 7) is 6.66. The number of hydrogen-bond donors (Lipinski definition) is 0. The summed E-state index contributed by atoms with van der Waals surface area (Å²) in [5.41, 5.74) is 1.17. The van der Waals surface area contributed by atoms with Crippen LogP contribution in [0.3, 0.4) is 0 Å². The van der Waals surface area contributed by atoms with Crippen molar-refractivity contribution < 1.29 is 19.1 Å². The molecule has 0 aromatic heterocycles. The van der Waals surface area contributed by atoms with E-state index in [-0.39, 0.29) is 11.9 Å². The summed E-state index contributed by atoms with van der Waals surface area (Å²) in [4.78, 5) is 23.3. The molecule has 0 bridgehead atoms. The standard InChI is InChI=1S/C22H34O4/c1-4-19-12-11-13-20(16-19)26-22(24)15-10-8-6-5-7-9-14-21(23)25-17-18(2)3/h11-13,16,18H,4-10,14-15,17H2,1-3H3. The predicted octanol–water partition coefficient (Wildman–Crippen LogP) is 5.47. The Bertz CT molecular complexity index is 537. The molecule has 1 aromatic carbocycles. The molecule has 4 heteroatoms. The number of unbranched alkanes of at least 4 members (excludes halogenated alkanes) is 5. The normalized spacial score (nSPS) is 10.8. The van der Waals surface area contributed by atoms with E-state index in [2.05, 4.69) is 6.92 Å². The molecule has 0 saturated carbocycles. The molecule has 0 saturated heterocycles. The lowest BCUT2D eigenvalue weighted by Gasteiger charge is -2.07. The van der Waals surface area contributed by atoms with Crippen LogP contribution >= 0.6 is 0 Å². The van der Waals surface area contributed by atoms with E-state index in [1.54, 1.807) is 0 Å². The van der Waals surface area contributed by atoms with Crippen molar-refractivity contribution in [3.8, 4) is 5.75 Å². The fourth-order valence-corrected chi connectivity index (χ4v) is 2.59. The third kappa shape index (κ3) is 10.9. The second kappa shape index (κ2) is 13.4. The molecule has 0 amide bonds. The first-order valence-electron chi connectivity index (χ1n) is 9.96. The van der Waals surface area contributed by atoms with Crippen LogP contribution in [0.25, 0.3) is 0 Å². The largest absolute Gasteiger partial charge is 0.465 e. The van der Waals surface area contributed by atoms with Gasteiger partial charge in [0.15, 0.2) is 0 Å². The van der Waals surface area contributed by atoms with E-state index in [0.29, 0.717) is 31.1 Å². The van der Waals surface area contributed by atoms with E-state index < -0.39 is 0 Å². The highest BCUT2D eigenvalue weighted by Gasteiger charge is 2.06. The first-order chi connectivity index (χ1) is 12.5. The van der Waals surface area contributed by atoms with Gasteiger partial charge < -0.3 is 9.47 Å². The Morgan fingerprint density at radius 3 is 2.15 bits per heavy atom. The van der Waals surface area contributed by atoms with E-state index in [1.165, 1.54) is 5.56 Å². The first-order valence-corrected chi connectivity index (χ1v) is 9.96. The number of benzene rings is 1. The summed E-state index contributed by atoms with van der Waals surface area (Å²) < 4.78 is 10.5. The number of esters is 2. The maximum absolute atomic E-state index is 11.9. The molecule has 0 aliphatic carbocycles. The van der Waals surface area contributed by atoms with E-state index >= 15 is 0 Å². The average Bonchev–Trinajstić information content (AvgIpc) is 2.62. The van der Waals surface area contributed by atoms with Gasteiger partial charge in [-0.25, -0.2) is 0 Å². The highest BCUT2D eigenvalue weighted by Crippen LogP contribution is 2.15. The maximum atomic E-state index is 11.9. The maximum Gasteiger partial charge on any atom is 0.311 e. The van der Waals surface area contributed by atoms with E-state index in [9.17, 15) is 9.59 Å². The van der Waals surface area contributed by atoms with Crippen LogP contribution in [-0.2, 0) is 20.7 Å². The van der Waals surface area contributed by atoms with Gasteiger partial charge >= 0.3 is 11.9 Å². The molecule has 146 valence electrons. The van der Waals surface area contributed by atoms with Crippen molar-refractivity contribution in [1.29, 1.82) is 0 Å². The second-order valence-corrected chi connectivity index (χ2v) is 7.17. The third-order valence-corrected chi connectivity index (χ3v) is 4.13. The fourth-order valence-electron chi connectivity index (χ4n) is 2.59. The highest BCUT2D eigenvalue weighted by molar-refractivity contribution is 5.72. The number of carbonyl (C=O) groups is 2. The van der Waals surface area contributed by atoms with Gasteiger partial charge in [0.2, 0.25) is 0 Å². The number of rotatable bonds is 13. The van der Waals surface area contributed by atoms with E-state index in [0.717, 1.165) is 44.9 Å². The van der Waals surface area contributed by atoms with Gasteiger partial charge in [0.1, 0.15) is 5.75 Å². The van der Waals surface area contributed by atoms with Gasteiger partial charge in [-0.1, -0.05) is 58.6 Å². The number of carbonyl (C=O) groups excluding carboxylic acids is 2. The highest BCUT2D eigenvalue weighted by atomic mass is 16.5. The summed E-state index contributed by atoms with van der Waals surface area (Å²) in [6, 6.07) is 7.69. The van der Waals surface area contributed by atoms with Crippen molar-refractivity contribution in [3.05, 3.63) is 29.8 Å². The van der Waals surface area contributed by atoms with Crippen molar-refractivity contribution in [3.63, 3.8) is 0 Å². The van der Waals surface area contributed by atoms with Crippen LogP contribution in [0, 0.1) is 5.92 Å². The zero-order valence-corrected chi connectivity index (χ0v) is 16.6. The summed E-state index contributed by atoms with van der Waals surface area (Å²) in [5, 5.41) is 0. The monoisotopic (exact) mass is 362 g/mol. The number of hydrogen-bond acceptors (Lipinski definition) is 4. The summed E-state index contributed by atoms with van der Waals surface area (Å²) in [7, 11) is 0. The summed E-state index contributed by atoms with van der Waals surface area (Å²) in [6.07, 6.45) is 7.85. The molecule has 0 heterocycles. The minimum absolute atomic E-state index is 0.0893. The fraction of sp³-hybridized carbons (Fsp3) is 0.636. The van der Waals surface area contributed by atoms with Crippen LogP contribution in [0.5, 0.6) is 5.75 Å². The molecule has 1 aromatic rings. The molecule has 0 aliphatic heterocycles. The van der Waals surface area contributed by atoms with Gasteiger partial charge in [-0.15, -0.1) is 0 Å². The Kier molecular flexibility index (Phi) is 11.4. The smallest absolute Gasteiger partial charge is 0.311 e. The van der Waals surface area contributed by atoms with Crippen molar-refractivity contribution in [1.82, 2.24) is 0 Å². The lowest BCUT2D eigenvalue weighted by atomic mass is 10.1. The van der Waals surface area contributed by atoms with Gasteiger partial charge in [0, 0.05) is 12.8 Å². The number of ether oxygens (including phenoxy) is 2. The molecule has 26 heavy (non-hydrogen) atoms. The number of aryl methyl sites for hydroxylation is 1. The van der Waals surface area contributed by atoms with Crippen LogP contribution in [-0.4, -0.2) is 18.5 Å². The quantitative estimate of drug-likeness (QED) is 0.265. The van der Waals surface area contributed by atoms with Gasteiger partial charge in [-0.2, -0.15) is 0 Å². The van der Waals surface area contributed by atoms with Crippen molar-refractivity contribution in [2.24, 2.45) is 5.92 Å². The molecular formula is C22H34O4. The average molecular weight is 363 g/mol. The van der Waals surface area contributed by atoms with E-state index in [1.807, 2.05) is 38.1 Å². The topological polar surface area (TPSA) is 52.6 Å². The zero-order chi connectivity index (χ0) is 19.2. The third-order valence-electron chi connectivity index (χ3n) is 4.13. The molecule has 0 radical (unpaired) electrons. The molecule has 4 nitrogen and oxygen atoms in total. The molecule has 1 rings (SSSR count). The SMILES string of the molecule is CCc1cccc(OC(=O)CCCCCCCCC(=O)OCC(C)C)c1. The molecule has 0 N–H and O–H groups in total. The van der Waals surface area contributed by atoms with Crippen LogP contribution < -0.4 is 4.74 Å². The summed E-state index contributed by atoms with van der Waals surface area (Å²) in [5.74, 6) is 0.777. The molecule has 0 atom stereocenters. The van der Waals surface area contributed by atoms with Crippen molar-refractivity contribution >= 4 is 11.9 Å². The molecule has 0 unspecified atom stereocenters. The minimum atomic E-state index is -0.161. The van der Waals surface area contributed by atoms with Crippen molar-refractivity contribution in [2.45, 2.75) is 78.6 Å². The Hall–Kier alpha value is -1.84. The predicted molar refractivity (Wildman–Crippen MR) is 104 cm³/mol. The zero-order valence-electron chi connectivity index (χ0n) is 16.6. The Balaban J connectivity index is 2.00. The minimum Gasteiger partial charge on any atom is -0.465 e. The molecule has 0 aliphatic rings. The van der Waals surface area contributed by atoms with Crippen LogP contribution in [0.15, 0.2) is 24.3 Å². The molecule has 0 spiro atoms. The Labute approximate surface area is 158 Å². The molecule has 0 fully saturated rings. The Morgan fingerprint density at radius 1 is 0.923 bits per heavy atom. The van der Waals surface area contributed by atoms with E-state index in [4.69, 9.17) is 9.47 Å². The van der Waals surface area contributed by atoms with Crippen LogP contribution in [0.1, 0.15) is 77.7 Å². The lowest BCUT2D eigenvalue weighted by molar-refractivity contribution is -0.144. The van der Waals surface area contributed by atoms with Gasteiger partial charge in [-0.05, 0) is 42.9 Å². The van der Waals surface area contributed by atoms with Crippen molar-refractivity contribution in [2.75, 3.05) is 6.61 Å². The second-order valence-electron chi connectivity index (χ2n) is 7.17. The Morgan fingerprint density at radius 2 is 1.54 bits per heavy atom. The molecular weight excluding hydrogens is 328 g/mol. The van der Waals surface area contributed by atoms with Gasteiger partial charge in [0.25, 0.3) is 0 Å². The summed E-state index contributed by atoms with van der Waals surface area (Å²) >= 11 is 0. The van der Waals surface area contributed by atoms with Gasteiger partial charge in [-0.3, -0.25) is 9.59 Å². The van der Waals surface area contributed by atoms with Gasteiger partial charge in [0.05, 0.1) is 6.61 Å². The van der Waals surface area contributed by atoms with Crippen LogP contribution in [0.4, 0.5) is 0 Å². The lowest BCUT2D eigenvalue weighted by Crippen LogP contribution is -2.09. The van der Waals surface area contributed by atoms with Crippen LogP contribution in [0.2, 0.25) is 0 Å². The first kappa shape index (κ1) is 22.2.